The maximum atomic E-state index is 12.9. The lowest BCUT2D eigenvalue weighted by molar-refractivity contribution is -0.167. The third-order valence-electron chi connectivity index (χ3n) is 13.6. The summed E-state index contributed by atoms with van der Waals surface area (Å²) in [6.07, 6.45) is 95.7. The first-order valence-corrected chi connectivity index (χ1v) is 32.8. The molecule has 0 bridgehead atoms. The Morgan fingerprint density at radius 1 is 0.263 bits per heavy atom. The average molecular weight is 1110 g/mol. The molecule has 452 valence electrons. The summed E-state index contributed by atoms with van der Waals surface area (Å²) in [5.74, 6) is -0.968. The second kappa shape index (κ2) is 66.8. The van der Waals surface area contributed by atoms with Crippen LogP contribution in [0.25, 0.3) is 0 Å². The number of carbonyl (C=O) groups is 3. The Balaban J connectivity index is 4.44. The first-order valence-electron chi connectivity index (χ1n) is 32.8. The van der Waals surface area contributed by atoms with Gasteiger partial charge in [-0.2, -0.15) is 0 Å². The lowest BCUT2D eigenvalue weighted by Crippen LogP contribution is -2.30. The van der Waals surface area contributed by atoms with Crippen molar-refractivity contribution in [2.45, 2.75) is 290 Å². The average Bonchev–Trinajstić information content (AvgIpc) is 3.46. The Morgan fingerprint density at radius 3 is 0.787 bits per heavy atom. The van der Waals surface area contributed by atoms with Crippen LogP contribution >= 0.6 is 0 Å². The van der Waals surface area contributed by atoms with Crippen molar-refractivity contribution in [2.24, 2.45) is 0 Å². The number of hydrogen-bond donors (Lipinski definition) is 0. The van der Waals surface area contributed by atoms with Crippen molar-refractivity contribution >= 4 is 17.9 Å². The number of esters is 3. The molecule has 0 amide bonds. The van der Waals surface area contributed by atoms with Gasteiger partial charge in [0.2, 0.25) is 0 Å². The Kier molecular flexibility index (Phi) is 62.9. The van der Waals surface area contributed by atoms with Gasteiger partial charge in [0.1, 0.15) is 13.2 Å². The topological polar surface area (TPSA) is 78.9 Å². The second-order valence-corrected chi connectivity index (χ2v) is 21.3. The van der Waals surface area contributed by atoms with Crippen molar-refractivity contribution in [1.29, 1.82) is 0 Å². The van der Waals surface area contributed by atoms with E-state index in [1.54, 1.807) is 0 Å². The predicted octanol–water partition coefficient (Wildman–Crippen LogP) is 22.7. The number of ether oxygens (including phenoxy) is 3. The maximum Gasteiger partial charge on any atom is 0.306 e. The summed E-state index contributed by atoms with van der Waals surface area (Å²) >= 11 is 0. The molecule has 6 heteroatoms. The zero-order chi connectivity index (χ0) is 57.8. The number of carbonyl (C=O) groups excluding carboxylic acids is 3. The zero-order valence-corrected chi connectivity index (χ0v) is 51.8. The van der Waals surface area contributed by atoms with Crippen LogP contribution in [-0.2, 0) is 28.6 Å². The highest BCUT2D eigenvalue weighted by molar-refractivity contribution is 5.71. The second-order valence-electron chi connectivity index (χ2n) is 21.3. The molecule has 6 nitrogen and oxygen atoms in total. The number of hydrogen-bond acceptors (Lipinski definition) is 6. The van der Waals surface area contributed by atoms with Crippen LogP contribution in [0.2, 0.25) is 0 Å². The van der Waals surface area contributed by atoms with E-state index >= 15 is 0 Å². The van der Waals surface area contributed by atoms with Gasteiger partial charge < -0.3 is 14.2 Å². The minimum atomic E-state index is -0.811. The van der Waals surface area contributed by atoms with Crippen LogP contribution in [0.15, 0.2) is 146 Å². The van der Waals surface area contributed by atoms with Gasteiger partial charge in [-0.25, -0.2) is 0 Å². The van der Waals surface area contributed by atoms with Crippen molar-refractivity contribution in [2.75, 3.05) is 13.2 Å². The van der Waals surface area contributed by atoms with Gasteiger partial charge in [0.25, 0.3) is 0 Å². The van der Waals surface area contributed by atoms with E-state index in [4.69, 9.17) is 14.2 Å². The highest BCUT2D eigenvalue weighted by atomic mass is 16.6. The molecule has 0 fully saturated rings. The molecule has 0 heterocycles. The maximum absolute atomic E-state index is 12.9. The summed E-state index contributed by atoms with van der Waals surface area (Å²) in [6, 6.07) is 0. The Hall–Kier alpha value is -4.71. The molecule has 0 aromatic carbocycles. The quantitative estimate of drug-likeness (QED) is 0.0261. The van der Waals surface area contributed by atoms with E-state index in [0.717, 1.165) is 148 Å². The molecular formula is C74H120O6. The fourth-order valence-corrected chi connectivity index (χ4v) is 8.74. The minimum Gasteiger partial charge on any atom is -0.462 e. The summed E-state index contributed by atoms with van der Waals surface area (Å²) in [5.41, 5.74) is 0. The van der Waals surface area contributed by atoms with Gasteiger partial charge in [0, 0.05) is 19.3 Å². The summed E-state index contributed by atoms with van der Waals surface area (Å²) in [6.45, 7) is 6.37. The molecule has 0 aromatic heterocycles. The fraction of sp³-hybridized carbons (Fsp3) is 0.635. The van der Waals surface area contributed by atoms with Crippen molar-refractivity contribution in [3.8, 4) is 0 Å². The molecule has 0 spiro atoms. The van der Waals surface area contributed by atoms with E-state index in [9.17, 15) is 14.4 Å². The van der Waals surface area contributed by atoms with E-state index in [1.807, 2.05) is 0 Å². The molecule has 0 aliphatic rings. The van der Waals surface area contributed by atoms with Gasteiger partial charge in [-0.15, -0.1) is 0 Å². The molecular weight excluding hydrogens is 985 g/mol. The van der Waals surface area contributed by atoms with Gasteiger partial charge in [-0.1, -0.05) is 289 Å². The number of allylic oxidation sites excluding steroid dienone is 24. The van der Waals surface area contributed by atoms with Crippen LogP contribution in [0.4, 0.5) is 0 Å². The van der Waals surface area contributed by atoms with Crippen LogP contribution < -0.4 is 0 Å². The summed E-state index contributed by atoms with van der Waals surface area (Å²) in [5, 5.41) is 0. The van der Waals surface area contributed by atoms with Crippen LogP contribution in [-0.4, -0.2) is 37.2 Å². The van der Waals surface area contributed by atoms with Crippen LogP contribution in [0, 0.1) is 0 Å². The standard InChI is InChI=1S/C74H120O6/c1-4-7-10-13-16-19-22-25-28-30-32-33-34-35-36-37-38-39-40-41-42-44-46-49-52-55-58-61-64-67-73(76)79-70-71(69-78-72(75)66-63-60-57-54-51-48-45-27-24-21-18-15-12-9-6-3)80-74(77)68-65-62-59-56-53-50-47-43-31-29-26-23-20-17-14-11-8-5-2/h7,9-10,12,16,18-19,21,25,27-28,32-33,35-36,38-39,41-42,45-46,49,51,54,71H,4-6,8,11,13-15,17,20,22-24,26,29-31,34,37,40,43-44,47-48,50,52-53,55-70H2,1-3H3/b10-7-,12-9-,19-16-,21-18-,28-25-,33-32-,36-35-,39-38-,42-41-,45-27-,49-46-,54-51-. The van der Waals surface area contributed by atoms with Crippen molar-refractivity contribution in [1.82, 2.24) is 0 Å². The zero-order valence-electron chi connectivity index (χ0n) is 51.8. The normalized spacial score (nSPS) is 13.1. The molecule has 0 rings (SSSR count). The van der Waals surface area contributed by atoms with Gasteiger partial charge in [0.05, 0.1) is 0 Å². The lowest BCUT2D eigenvalue weighted by Gasteiger charge is -2.18. The third kappa shape index (κ3) is 64.1. The Labute approximate surface area is 493 Å². The number of rotatable bonds is 58. The molecule has 80 heavy (non-hydrogen) atoms. The highest BCUT2D eigenvalue weighted by Gasteiger charge is 2.19. The monoisotopic (exact) mass is 1100 g/mol. The van der Waals surface area contributed by atoms with E-state index in [1.165, 1.54) is 96.3 Å². The SMILES string of the molecule is CC/C=C\C/C=C\C/C=C\C/C=C\C/C=C\C/C=C\C/C=C\C/C=C\CCCCCCC(=O)OCC(COC(=O)CCCC/C=C\C/C=C\C/C=C\C/C=C\CC)OC(=O)CCCCCCCCCCCCCCCCCCCC. The van der Waals surface area contributed by atoms with Crippen LogP contribution in [0.1, 0.15) is 284 Å². The molecule has 1 unspecified atom stereocenters. The number of unbranched alkanes of at least 4 members (excludes halogenated alkanes) is 23. The van der Waals surface area contributed by atoms with Crippen LogP contribution in [0.3, 0.4) is 0 Å². The summed E-state index contributed by atoms with van der Waals surface area (Å²) in [4.78, 5) is 38.3. The van der Waals surface area contributed by atoms with E-state index < -0.39 is 6.10 Å². The Bertz CT molecular complexity index is 1750. The van der Waals surface area contributed by atoms with Crippen molar-refractivity contribution in [3.05, 3.63) is 146 Å². The summed E-state index contributed by atoms with van der Waals surface area (Å²) < 4.78 is 16.9. The fourth-order valence-electron chi connectivity index (χ4n) is 8.74. The van der Waals surface area contributed by atoms with Gasteiger partial charge in [-0.05, 0) is 122 Å². The molecule has 0 aromatic rings. The van der Waals surface area contributed by atoms with Crippen molar-refractivity contribution in [3.63, 3.8) is 0 Å². The smallest absolute Gasteiger partial charge is 0.306 e. The third-order valence-corrected chi connectivity index (χ3v) is 13.6. The molecule has 0 aliphatic carbocycles. The minimum absolute atomic E-state index is 0.108. The predicted molar refractivity (Wildman–Crippen MR) is 348 cm³/mol. The van der Waals surface area contributed by atoms with Gasteiger partial charge >= 0.3 is 17.9 Å². The van der Waals surface area contributed by atoms with Crippen LogP contribution in [0.5, 0.6) is 0 Å². The van der Waals surface area contributed by atoms with E-state index in [-0.39, 0.29) is 31.1 Å². The highest BCUT2D eigenvalue weighted by Crippen LogP contribution is 2.16. The van der Waals surface area contributed by atoms with Gasteiger partial charge in [0.15, 0.2) is 6.10 Å². The molecule has 0 saturated heterocycles. The first kappa shape index (κ1) is 75.3. The van der Waals surface area contributed by atoms with Gasteiger partial charge in [-0.3, -0.25) is 14.4 Å². The molecule has 0 radical (unpaired) electrons. The lowest BCUT2D eigenvalue weighted by atomic mass is 10.0. The molecule has 0 aliphatic heterocycles. The first-order chi connectivity index (χ1) is 39.5. The molecule has 0 saturated carbocycles. The largest absolute Gasteiger partial charge is 0.462 e. The van der Waals surface area contributed by atoms with Crippen molar-refractivity contribution < 1.29 is 28.6 Å². The molecule has 1 atom stereocenters. The Morgan fingerprint density at radius 2 is 0.487 bits per heavy atom. The van der Waals surface area contributed by atoms with E-state index in [2.05, 4.69) is 167 Å². The molecule has 0 N–H and O–H groups in total. The summed E-state index contributed by atoms with van der Waals surface area (Å²) in [7, 11) is 0. The van der Waals surface area contributed by atoms with E-state index in [0.29, 0.717) is 19.3 Å².